The standard InChI is InChI=1S/C11H15N3O2S/c1-8(7-17(2,15)16)13-10-4-3-5-11-9(10)6-12-14-11/h3-6,8,13H,7H2,1-2H3,(H,12,14). The van der Waals surface area contributed by atoms with Crippen molar-refractivity contribution >= 4 is 26.4 Å². The van der Waals surface area contributed by atoms with Gasteiger partial charge in [0, 0.05) is 23.4 Å². The Morgan fingerprint density at radius 3 is 2.94 bits per heavy atom. The molecule has 2 aromatic rings. The van der Waals surface area contributed by atoms with Crippen LogP contribution in [-0.4, -0.2) is 36.7 Å². The minimum Gasteiger partial charge on any atom is -0.381 e. The van der Waals surface area contributed by atoms with Crippen LogP contribution in [0.2, 0.25) is 0 Å². The van der Waals surface area contributed by atoms with E-state index in [0.717, 1.165) is 16.6 Å². The van der Waals surface area contributed by atoms with Gasteiger partial charge >= 0.3 is 0 Å². The molecule has 6 heteroatoms. The number of H-pyrrole nitrogens is 1. The normalized spacial score (nSPS) is 13.8. The third kappa shape index (κ3) is 2.97. The Kier molecular flexibility index (Phi) is 3.06. The summed E-state index contributed by atoms with van der Waals surface area (Å²) in [6.45, 7) is 1.85. The van der Waals surface area contributed by atoms with Gasteiger partial charge < -0.3 is 5.32 Å². The third-order valence-corrected chi connectivity index (χ3v) is 3.54. The van der Waals surface area contributed by atoms with Gasteiger partial charge in [0.1, 0.15) is 9.84 Å². The number of hydrogen-bond acceptors (Lipinski definition) is 4. The first-order chi connectivity index (χ1) is 7.96. The Balaban J connectivity index is 2.21. The van der Waals surface area contributed by atoms with Gasteiger partial charge in [-0.3, -0.25) is 5.10 Å². The molecule has 0 saturated carbocycles. The molecule has 92 valence electrons. The molecule has 17 heavy (non-hydrogen) atoms. The van der Waals surface area contributed by atoms with Crippen LogP contribution >= 0.6 is 0 Å². The lowest BCUT2D eigenvalue weighted by atomic mass is 10.2. The Hall–Kier alpha value is -1.56. The van der Waals surface area contributed by atoms with E-state index in [0.29, 0.717) is 0 Å². The molecule has 0 aliphatic rings. The highest BCUT2D eigenvalue weighted by molar-refractivity contribution is 7.90. The summed E-state index contributed by atoms with van der Waals surface area (Å²) < 4.78 is 22.4. The highest BCUT2D eigenvalue weighted by Crippen LogP contribution is 2.21. The van der Waals surface area contributed by atoms with Crippen molar-refractivity contribution in [2.24, 2.45) is 0 Å². The fourth-order valence-electron chi connectivity index (χ4n) is 1.86. The Morgan fingerprint density at radius 1 is 1.47 bits per heavy atom. The number of anilines is 1. The Bertz CT molecular complexity index is 618. The van der Waals surface area contributed by atoms with Crippen molar-refractivity contribution in [3.63, 3.8) is 0 Å². The van der Waals surface area contributed by atoms with Crippen LogP contribution in [0.25, 0.3) is 10.9 Å². The van der Waals surface area contributed by atoms with Gasteiger partial charge in [-0.25, -0.2) is 8.42 Å². The van der Waals surface area contributed by atoms with Crippen molar-refractivity contribution in [1.29, 1.82) is 0 Å². The number of nitrogens with zero attached hydrogens (tertiary/aromatic N) is 1. The molecule has 0 radical (unpaired) electrons. The third-order valence-electron chi connectivity index (χ3n) is 2.44. The van der Waals surface area contributed by atoms with E-state index in [-0.39, 0.29) is 11.8 Å². The highest BCUT2D eigenvalue weighted by atomic mass is 32.2. The number of fused-ring (bicyclic) bond motifs is 1. The van der Waals surface area contributed by atoms with E-state index in [1.54, 1.807) is 6.20 Å². The number of aromatic nitrogens is 2. The topological polar surface area (TPSA) is 74.8 Å². The molecule has 1 aromatic carbocycles. The summed E-state index contributed by atoms with van der Waals surface area (Å²) in [5, 5.41) is 11.0. The van der Waals surface area contributed by atoms with Gasteiger partial charge in [0.05, 0.1) is 17.5 Å². The maximum Gasteiger partial charge on any atom is 0.149 e. The number of sulfone groups is 1. The van der Waals surface area contributed by atoms with E-state index in [9.17, 15) is 8.42 Å². The van der Waals surface area contributed by atoms with E-state index in [4.69, 9.17) is 0 Å². The van der Waals surface area contributed by atoms with E-state index < -0.39 is 9.84 Å². The predicted molar refractivity (Wildman–Crippen MR) is 68.9 cm³/mol. The summed E-state index contributed by atoms with van der Waals surface area (Å²) in [6.07, 6.45) is 2.97. The molecular formula is C11H15N3O2S. The van der Waals surface area contributed by atoms with Crippen LogP contribution in [0.1, 0.15) is 6.92 Å². The second-order valence-corrected chi connectivity index (χ2v) is 6.46. The lowest BCUT2D eigenvalue weighted by Crippen LogP contribution is -2.25. The van der Waals surface area contributed by atoms with Gasteiger partial charge in [0.15, 0.2) is 0 Å². The van der Waals surface area contributed by atoms with Crippen LogP contribution in [0.15, 0.2) is 24.4 Å². The smallest absolute Gasteiger partial charge is 0.149 e. The average Bonchev–Trinajstić information content (AvgIpc) is 2.63. The number of aromatic amines is 1. The molecule has 0 fully saturated rings. The van der Waals surface area contributed by atoms with Crippen molar-refractivity contribution in [1.82, 2.24) is 10.2 Å². The quantitative estimate of drug-likeness (QED) is 0.864. The molecule has 0 aliphatic heterocycles. The molecule has 2 rings (SSSR count). The minimum absolute atomic E-state index is 0.112. The van der Waals surface area contributed by atoms with Crippen LogP contribution in [0.4, 0.5) is 5.69 Å². The van der Waals surface area contributed by atoms with Gasteiger partial charge in [-0.1, -0.05) is 6.07 Å². The maximum absolute atomic E-state index is 11.2. The van der Waals surface area contributed by atoms with Crippen molar-refractivity contribution in [3.8, 4) is 0 Å². The van der Waals surface area contributed by atoms with Crippen molar-refractivity contribution in [2.45, 2.75) is 13.0 Å². The molecule has 0 spiro atoms. The van der Waals surface area contributed by atoms with Crippen LogP contribution in [0.3, 0.4) is 0 Å². The fraction of sp³-hybridized carbons (Fsp3) is 0.364. The number of hydrogen-bond donors (Lipinski definition) is 2. The lowest BCUT2D eigenvalue weighted by Gasteiger charge is -2.14. The first-order valence-corrected chi connectivity index (χ1v) is 7.38. The summed E-state index contributed by atoms with van der Waals surface area (Å²) in [5.74, 6) is 0.112. The summed E-state index contributed by atoms with van der Waals surface area (Å²) >= 11 is 0. The number of benzene rings is 1. The molecule has 0 bridgehead atoms. The zero-order valence-corrected chi connectivity index (χ0v) is 10.6. The van der Waals surface area contributed by atoms with Gasteiger partial charge in [0.2, 0.25) is 0 Å². The van der Waals surface area contributed by atoms with E-state index in [2.05, 4.69) is 15.5 Å². The maximum atomic E-state index is 11.2. The molecule has 0 aliphatic carbocycles. The summed E-state index contributed by atoms with van der Waals surface area (Å²) in [5.41, 5.74) is 1.83. The molecule has 1 unspecified atom stereocenters. The Labute approximate surface area is 100 Å². The molecule has 0 saturated heterocycles. The minimum atomic E-state index is -2.97. The van der Waals surface area contributed by atoms with E-state index in [1.807, 2.05) is 25.1 Å². The zero-order valence-electron chi connectivity index (χ0n) is 9.77. The fourth-order valence-corrected chi connectivity index (χ4v) is 2.85. The Morgan fingerprint density at radius 2 is 2.24 bits per heavy atom. The largest absolute Gasteiger partial charge is 0.381 e. The highest BCUT2D eigenvalue weighted by Gasteiger charge is 2.11. The predicted octanol–water partition coefficient (Wildman–Crippen LogP) is 1.41. The first-order valence-electron chi connectivity index (χ1n) is 5.32. The molecule has 1 aromatic heterocycles. The first kappa shape index (κ1) is 11.9. The zero-order chi connectivity index (χ0) is 12.5. The molecule has 2 N–H and O–H groups in total. The van der Waals surface area contributed by atoms with Crippen LogP contribution in [0.5, 0.6) is 0 Å². The molecular weight excluding hydrogens is 238 g/mol. The SMILES string of the molecule is CC(CS(C)(=O)=O)Nc1cccc2[nH]ncc12. The molecule has 5 nitrogen and oxygen atoms in total. The summed E-state index contributed by atoms with van der Waals surface area (Å²) in [7, 11) is -2.97. The van der Waals surface area contributed by atoms with Gasteiger partial charge in [-0.2, -0.15) is 5.10 Å². The van der Waals surface area contributed by atoms with Gasteiger partial charge in [0.25, 0.3) is 0 Å². The van der Waals surface area contributed by atoms with Crippen LogP contribution < -0.4 is 5.32 Å². The van der Waals surface area contributed by atoms with E-state index >= 15 is 0 Å². The van der Waals surface area contributed by atoms with Crippen molar-refractivity contribution < 1.29 is 8.42 Å². The van der Waals surface area contributed by atoms with Gasteiger partial charge in [-0.15, -0.1) is 0 Å². The van der Waals surface area contributed by atoms with Crippen molar-refractivity contribution in [2.75, 3.05) is 17.3 Å². The monoisotopic (exact) mass is 253 g/mol. The van der Waals surface area contributed by atoms with Crippen LogP contribution in [-0.2, 0) is 9.84 Å². The summed E-state index contributed by atoms with van der Waals surface area (Å²) in [6, 6.07) is 5.60. The average molecular weight is 253 g/mol. The summed E-state index contributed by atoms with van der Waals surface area (Å²) in [4.78, 5) is 0. The second kappa shape index (κ2) is 4.37. The lowest BCUT2D eigenvalue weighted by molar-refractivity contribution is 0.598. The second-order valence-electron chi connectivity index (χ2n) is 4.27. The van der Waals surface area contributed by atoms with Gasteiger partial charge in [-0.05, 0) is 19.1 Å². The van der Waals surface area contributed by atoms with Crippen LogP contribution in [0, 0.1) is 0 Å². The molecule has 1 atom stereocenters. The van der Waals surface area contributed by atoms with E-state index in [1.165, 1.54) is 6.26 Å². The number of nitrogens with one attached hydrogen (secondary N) is 2. The number of rotatable bonds is 4. The molecule has 0 amide bonds. The molecule has 1 heterocycles. The van der Waals surface area contributed by atoms with Crippen molar-refractivity contribution in [3.05, 3.63) is 24.4 Å².